The van der Waals surface area contributed by atoms with Crippen LogP contribution in [0.25, 0.3) is 22.5 Å². The summed E-state index contributed by atoms with van der Waals surface area (Å²) < 4.78 is 16.2. The fourth-order valence-electron chi connectivity index (χ4n) is 4.76. The second-order valence-corrected chi connectivity index (χ2v) is 9.14. The van der Waals surface area contributed by atoms with Gasteiger partial charge in [0, 0.05) is 44.0 Å². The van der Waals surface area contributed by atoms with E-state index < -0.39 is 0 Å². The standard InChI is InChI=1S/C26H27N7O4/c34-25(19-14-28-36-17-19)33-9-7-20(15-33)29-26-27-8-6-21(30-26)23-22(16-32-10-12-35-13-11-32)37-31-24(23)18-4-2-1-3-5-18/h1-6,8,14,17,20H,7,9-13,15-16H2,(H,27,29,30)/t20-/m1/s1. The lowest BCUT2D eigenvalue weighted by atomic mass is 10.0. The highest BCUT2D eigenvalue weighted by atomic mass is 16.5. The molecule has 11 heteroatoms. The van der Waals surface area contributed by atoms with Gasteiger partial charge in [-0.25, -0.2) is 9.97 Å². The third-order valence-electron chi connectivity index (χ3n) is 6.68. The Hall–Kier alpha value is -4.09. The summed E-state index contributed by atoms with van der Waals surface area (Å²) in [6.07, 6.45) is 5.33. The zero-order valence-corrected chi connectivity index (χ0v) is 20.2. The van der Waals surface area contributed by atoms with E-state index in [0.29, 0.717) is 44.4 Å². The van der Waals surface area contributed by atoms with Crippen molar-refractivity contribution in [3.05, 3.63) is 66.4 Å². The third-order valence-corrected chi connectivity index (χ3v) is 6.68. The molecule has 11 nitrogen and oxygen atoms in total. The molecule has 1 atom stereocenters. The number of nitrogens with one attached hydrogen (secondary N) is 1. The number of nitrogens with zero attached hydrogens (tertiary/aromatic N) is 6. The Labute approximate surface area is 213 Å². The Bertz CT molecular complexity index is 1340. The lowest BCUT2D eigenvalue weighted by Gasteiger charge is -2.25. The molecule has 0 radical (unpaired) electrons. The Morgan fingerprint density at radius 3 is 2.78 bits per heavy atom. The fourth-order valence-corrected chi connectivity index (χ4v) is 4.76. The summed E-state index contributed by atoms with van der Waals surface area (Å²) in [6.45, 7) is 4.88. The second kappa shape index (κ2) is 10.5. The predicted octanol–water partition coefficient (Wildman–Crippen LogP) is 2.95. The molecule has 2 aliphatic rings. The molecule has 2 fully saturated rings. The monoisotopic (exact) mass is 501 g/mol. The Balaban J connectivity index is 1.24. The van der Waals surface area contributed by atoms with Crippen molar-refractivity contribution in [2.75, 3.05) is 44.7 Å². The fraction of sp³-hybridized carbons (Fsp3) is 0.346. The van der Waals surface area contributed by atoms with Crippen LogP contribution in [0.4, 0.5) is 5.95 Å². The van der Waals surface area contributed by atoms with Gasteiger partial charge in [0.25, 0.3) is 5.91 Å². The molecule has 190 valence electrons. The van der Waals surface area contributed by atoms with E-state index in [-0.39, 0.29) is 11.9 Å². The van der Waals surface area contributed by atoms with Gasteiger partial charge < -0.3 is 24.0 Å². The SMILES string of the molecule is O=C(c1cnoc1)N1CC[C@@H](Nc2nccc(-c3c(-c4ccccc4)noc3CN3CCOCC3)n2)C1. The van der Waals surface area contributed by atoms with Gasteiger partial charge in [-0.1, -0.05) is 40.6 Å². The molecule has 1 aromatic carbocycles. The van der Waals surface area contributed by atoms with Crippen LogP contribution in [-0.2, 0) is 11.3 Å². The van der Waals surface area contributed by atoms with Gasteiger partial charge >= 0.3 is 0 Å². The highest BCUT2D eigenvalue weighted by Gasteiger charge is 2.29. The largest absolute Gasteiger partial charge is 0.379 e. The zero-order chi connectivity index (χ0) is 25.0. The van der Waals surface area contributed by atoms with E-state index in [1.807, 2.05) is 36.4 Å². The van der Waals surface area contributed by atoms with Crippen molar-refractivity contribution < 1.29 is 18.6 Å². The van der Waals surface area contributed by atoms with Crippen LogP contribution in [-0.4, -0.2) is 81.4 Å². The number of aromatic nitrogens is 4. The van der Waals surface area contributed by atoms with Crippen molar-refractivity contribution in [3.63, 3.8) is 0 Å². The number of ether oxygens (including phenoxy) is 1. The number of hydrogen-bond donors (Lipinski definition) is 1. The van der Waals surface area contributed by atoms with Gasteiger partial charge in [-0.2, -0.15) is 0 Å². The van der Waals surface area contributed by atoms with E-state index in [9.17, 15) is 4.79 Å². The first kappa shape index (κ1) is 23.3. The molecule has 37 heavy (non-hydrogen) atoms. The van der Waals surface area contributed by atoms with Crippen molar-refractivity contribution in [1.82, 2.24) is 30.1 Å². The highest BCUT2D eigenvalue weighted by Crippen LogP contribution is 2.34. The molecule has 1 N–H and O–H groups in total. The summed E-state index contributed by atoms with van der Waals surface area (Å²) in [5.41, 5.74) is 3.75. The van der Waals surface area contributed by atoms with Gasteiger partial charge in [0.2, 0.25) is 5.95 Å². The number of hydrogen-bond acceptors (Lipinski definition) is 10. The van der Waals surface area contributed by atoms with Crippen LogP contribution in [0, 0.1) is 0 Å². The molecule has 0 unspecified atom stereocenters. The van der Waals surface area contributed by atoms with E-state index in [1.165, 1.54) is 12.5 Å². The van der Waals surface area contributed by atoms with E-state index >= 15 is 0 Å². The number of morpholine rings is 1. The number of benzene rings is 1. The van der Waals surface area contributed by atoms with Crippen molar-refractivity contribution in [1.29, 1.82) is 0 Å². The van der Waals surface area contributed by atoms with Crippen LogP contribution in [0.15, 0.2) is 64.1 Å². The lowest BCUT2D eigenvalue weighted by molar-refractivity contribution is 0.0306. The molecule has 2 saturated heterocycles. The number of likely N-dealkylation sites (tertiary alicyclic amines) is 1. The summed E-state index contributed by atoms with van der Waals surface area (Å²) >= 11 is 0. The summed E-state index contributed by atoms with van der Waals surface area (Å²) in [4.78, 5) is 26.0. The minimum atomic E-state index is -0.0926. The Morgan fingerprint density at radius 2 is 1.97 bits per heavy atom. The summed E-state index contributed by atoms with van der Waals surface area (Å²) in [6, 6.07) is 11.9. The van der Waals surface area contributed by atoms with E-state index in [1.54, 1.807) is 11.1 Å². The van der Waals surface area contributed by atoms with Crippen molar-refractivity contribution >= 4 is 11.9 Å². The van der Waals surface area contributed by atoms with Crippen LogP contribution in [0.3, 0.4) is 0 Å². The predicted molar refractivity (Wildman–Crippen MR) is 133 cm³/mol. The van der Waals surface area contributed by atoms with Crippen molar-refractivity contribution in [2.24, 2.45) is 0 Å². The molecule has 0 aliphatic carbocycles. The molecular formula is C26H27N7O4. The molecule has 0 bridgehead atoms. The normalized spacial score (nSPS) is 18.3. The lowest BCUT2D eigenvalue weighted by Crippen LogP contribution is -2.35. The minimum Gasteiger partial charge on any atom is -0.379 e. The van der Waals surface area contributed by atoms with Gasteiger partial charge in [0.15, 0.2) is 5.76 Å². The number of amides is 1. The number of carbonyl (C=O) groups is 1. The average Bonchev–Trinajstić information content (AvgIpc) is 3.71. The molecule has 6 rings (SSSR count). The topological polar surface area (TPSA) is 123 Å². The summed E-state index contributed by atoms with van der Waals surface area (Å²) in [5, 5.41) is 11.5. The van der Waals surface area contributed by atoms with Crippen LogP contribution < -0.4 is 5.32 Å². The first-order valence-corrected chi connectivity index (χ1v) is 12.4. The second-order valence-electron chi connectivity index (χ2n) is 9.14. The minimum absolute atomic E-state index is 0.0305. The number of carbonyl (C=O) groups excluding carboxylic acids is 1. The number of anilines is 1. The molecule has 5 heterocycles. The summed E-state index contributed by atoms with van der Waals surface area (Å²) in [7, 11) is 0. The quantitative estimate of drug-likeness (QED) is 0.404. The van der Waals surface area contributed by atoms with E-state index in [4.69, 9.17) is 18.8 Å². The molecular weight excluding hydrogens is 474 g/mol. The maximum absolute atomic E-state index is 12.6. The molecule has 4 aromatic rings. The third kappa shape index (κ3) is 5.09. The van der Waals surface area contributed by atoms with E-state index in [2.05, 4.69) is 25.5 Å². The van der Waals surface area contributed by atoms with Crippen molar-refractivity contribution in [2.45, 2.75) is 19.0 Å². The van der Waals surface area contributed by atoms with Crippen LogP contribution in [0.2, 0.25) is 0 Å². The van der Waals surface area contributed by atoms with E-state index in [0.717, 1.165) is 47.8 Å². The molecule has 2 aliphatic heterocycles. The van der Waals surface area contributed by atoms with Gasteiger partial charge in [-0.3, -0.25) is 9.69 Å². The Morgan fingerprint density at radius 1 is 1.11 bits per heavy atom. The molecule has 0 saturated carbocycles. The van der Waals surface area contributed by atoms with Crippen LogP contribution >= 0.6 is 0 Å². The zero-order valence-electron chi connectivity index (χ0n) is 20.2. The van der Waals surface area contributed by atoms with Crippen LogP contribution in [0.5, 0.6) is 0 Å². The maximum Gasteiger partial charge on any atom is 0.258 e. The first-order chi connectivity index (χ1) is 18.2. The van der Waals surface area contributed by atoms with Gasteiger partial charge in [0.05, 0.1) is 42.8 Å². The summed E-state index contributed by atoms with van der Waals surface area (Å²) in [5.74, 6) is 1.17. The van der Waals surface area contributed by atoms with Crippen molar-refractivity contribution in [3.8, 4) is 22.5 Å². The maximum atomic E-state index is 12.6. The van der Waals surface area contributed by atoms with Crippen LogP contribution in [0.1, 0.15) is 22.5 Å². The first-order valence-electron chi connectivity index (χ1n) is 12.4. The van der Waals surface area contributed by atoms with Gasteiger partial charge in [-0.15, -0.1) is 0 Å². The Kier molecular flexibility index (Phi) is 6.61. The molecule has 3 aromatic heterocycles. The molecule has 0 spiro atoms. The molecule has 1 amide bonds. The average molecular weight is 502 g/mol. The smallest absolute Gasteiger partial charge is 0.258 e. The number of rotatable bonds is 7. The highest BCUT2D eigenvalue weighted by molar-refractivity contribution is 5.93. The van der Waals surface area contributed by atoms with Gasteiger partial charge in [0.1, 0.15) is 12.0 Å². The van der Waals surface area contributed by atoms with Gasteiger partial charge in [-0.05, 0) is 12.5 Å².